The van der Waals surface area contributed by atoms with E-state index in [1.165, 1.54) is 5.52 Å². The molecule has 164 valence electrons. The molecule has 0 aliphatic heterocycles. The van der Waals surface area contributed by atoms with Crippen molar-refractivity contribution in [2.24, 2.45) is 14.1 Å². The lowest BCUT2D eigenvalue weighted by atomic mass is 10.3. The van der Waals surface area contributed by atoms with Gasteiger partial charge in [0.15, 0.2) is 5.16 Å². The summed E-state index contributed by atoms with van der Waals surface area (Å²) in [6, 6.07) is 15.5. The number of para-hydroxylation sites is 4. The lowest BCUT2D eigenvalue weighted by Gasteiger charge is -1.97. The van der Waals surface area contributed by atoms with Crippen LogP contribution >= 0.6 is 11.8 Å². The first-order valence-corrected chi connectivity index (χ1v) is 13.0. The molecule has 6 nitrogen and oxygen atoms in total. The van der Waals surface area contributed by atoms with E-state index in [1.807, 2.05) is 77.4 Å². The van der Waals surface area contributed by atoms with Gasteiger partial charge in [-0.1, -0.05) is 63.7 Å². The molecule has 4 aromatic rings. The van der Waals surface area contributed by atoms with Crippen LogP contribution in [0.2, 0.25) is 0 Å². The van der Waals surface area contributed by atoms with E-state index in [0.717, 1.165) is 22.4 Å². The van der Waals surface area contributed by atoms with Gasteiger partial charge in [0.25, 0.3) is 0 Å². The molecule has 0 fully saturated rings. The number of sulfone groups is 1. The third-order valence-electron chi connectivity index (χ3n) is 4.01. The van der Waals surface area contributed by atoms with Gasteiger partial charge in [-0.05, 0) is 30.5 Å². The summed E-state index contributed by atoms with van der Waals surface area (Å²) in [5, 5.41) is 1.18. The minimum Gasteiger partial charge on any atom is -0.322 e. The Morgan fingerprint density at radius 2 is 1.20 bits per heavy atom. The number of fused-ring (bicyclic) bond motifs is 2. The van der Waals surface area contributed by atoms with Gasteiger partial charge in [0, 0.05) is 20.4 Å². The molecule has 0 bridgehead atoms. The maximum Gasteiger partial charge on any atom is 0.228 e. The van der Waals surface area contributed by atoms with E-state index >= 15 is 0 Å². The van der Waals surface area contributed by atoms with E-state index in [-0.39, 0.29) is 5.16 Å². The molecule has 8 heteroatoms. The number of imidazole rings is 2. The number of thioether (sulfide) groups is 1. The molecule has 2 heterocycles. The molecule has 0 unspecified atom stereocenters. The molecule has 0 atom stereocenters. The van der Waals surface area contributed by atoms with Gasteiger partial charge in [-0.25, -0.2) is 18.4 Å². The van der Waals surface area contributed by atoms with Gasteiger partial charge in [-0.15, -0.1) is 0 Å². The largest absolute Gasteiger partial charge is 0.322 e. The predicted molar refractivity (Wildman–Crippen MR) is 129 cm³/mol. The third-order valence-corrected chi connectivity index (χ3v) is 5.77. The summed E-state index contributed by atoms with van der Waals surface area (Å²) in [6.07, 6.45) is 3.20. The number of nitrogens with zero attached hydrogens (tertiary/aromatic N) is 4. The highest BCUT2D eigenvalue weighted by Crippen LogP contribution is 2.20. The zero-order chi connectivity index (χ0) is 22.9. The van der Waals surface area contributed by atoms with Crippen LogP contribution in [0.3, 0.4) is 0 Å². The van der Waals surface area contributed by atoms with Crippen molar-refractivity contribution < 1.29 is 8.42 Å². The van der Waals surface area contributed by atoms with Crippen LogP contribution in [0, 0.1) is 0 Å². The van der Waals surface area contributed by atoms with Crippen LogP contribution in [-0.2, 0) is 23.9 Å². The predicted octanol–water partition coefficient (Wildman–Crippen LogP) is 5.32. The van der Waals surface area contributed by atoms with Crippen LogP contribution in [-0.4, -0.2) is 40.0 Å². The molecule has 0 aliphatic rings. The summed E-state index contributed by atoms with van der Waals surface area (Å²) >= 11 is 1.67. The topological polar surface area (TPSA) is 69.8 Å². The average Bonchev–Trinajstić information content (AvgIpc) is 3.29. The number of aromatic nitrogens is 4. The summed E-state index contributed by atoms with van der Waals surface area (Å²) in [7, 11) is 0.499. The average molecular weight is 449 g/mol. The Hall–Kier alpha value is -2.32. The fourth-order valence-electron chi connectivity index (χ4n) is 2.76. The van der Waals surface area contributed by atoms with Gasteiger partial charge in [0.2, 0.25) is 15.0 Å². The molecule has 0 saturated heterocycles. The van der Waals surface area contributed by atoms with Gasteiger partial charge < -0.3 is 9.13 Å². The summed E-state index contributed by atoms with van der Waals surface area (Å²) < 4.78 is 26.4. The fourth-order valence-corrected chi connectivity index (χ4v) is 4.18. The lowest BCUT2D eigenvalue weighted by Crippen LogP contribution is -2.05. The molecule has 4 rings (SSSR count). The van der Waals surface area contributed by atoms with Gasteiger partial charge in [0.05, 0.1) is 22.1 Å². The van der Waals surface area contributed by atoms with Crippen molar-refractivity contribution >= 4 is 43.7 Å². The third kappa shape index (κ3) is 5.86. The molecule has 2 aromatic heterocycles. The Morgan fingerprint density at radius 3 is 1.60 bits per heavy atom. The molecular weight excluding hydrogens is 416 g/mol. The van der Waals surface area contributed by atoms with Gasteiger partial charge in [-0.3, -0.25) is 0 Å². The number of hydrogen-bond donors (Lipinski definition) is 0. The highest BCUT2D eigenvalue weighted by Gasteiger charge is 2.16. The number of rotatable bonds is 2. The highest BCUT2D eigenvalue weighted by atomic mass is 32.2. The smallest absolute Gasteiger partial charge is 0.228 e. The second-order valence-corrected chi connectivity index (χ2v) is 8.54. The monoisotopic (exact) mass is 448 g/mol. The number of aryl methyl sites for hydroxylation is 2. The molecule has 0 spiro atoms. The molecule has 0 aliphatic carbocycles. The summed E-state index contributed by atoms with van der Waals surface area (Å²) in [5.74, 6) is 0. The molecule has 2 aromatic carbocycles. The molecule has 0 radical (unpaired) electrons. The van der Waals surface area contributed by atoms with Gasteiger partial charge >= 0.3 is 0 Å². The first-order chi connectivity index (χ1) is 14.3. The van der Waals surface area contributed by atoms with E-state index in [4.69, 9.17) is 0 Å². The zero-order valence-corrected chi connectivity index (χ0v) is 20.7. The Morgan fingerprint density at radius 1 is 0.767 bits per heavy atom. The standard InChI is InChI=1S/C9H10N2O2S.C9H10N2S.2C2H6/c1-11-8-6-4-3-5-7(8)10-9(11)14(2,12)13;1-11-8-6-4-3-5-7(8)10-9(11)12-2;2*1-2/h3-6H,1-2H3;3-6H,1-2H3;2*1-2H3. The molecule has 0 saturated carbocycles. The van der Waals surface area contributed by atoms with Crippen molar-refractivity contribution in [1.29, 1.82) is 0 Å². The Balaban J connectivity index is 0.000000260. The van der Waals surface area contributed by atoms with Gasteiger partial charge in [-0.2, -0.15) is 0 Å². The Kier molecular flexibility index (Phi) is 10.1. The maximum absolute atomic E-state index is 11.3. The zero-order valence-electron chi connectivity index (χ0n) is 19.0. The Bertz CT molecular complexity index is 1180. The summed E-state index contributed by atoms with van der Waals surface area (Å²) in [5.41, 5.74) is 3.80. The van der Waals surface area contributed by atoms with Crippen LogP contribution in [0.4, 0.5) is 0 Å². The van der Waals surface area contributed by atoms with Crippen molar-refractivity contribution in [1.82, 2.24) is 19.1 Å². The normalized spacial score (nSPS) is 10.4. The lowest BCUT2D eigenvalue weighted by molar-refractivity contribution is 0.587. The van der Waals surface area contributed by atoms with Crippen LogP contribution in [0.15, 0.2) is 58.8 Å². The van der Waals surface area contributed by atoms with Crippen molar-refractivity contribution in [3.05, 3.63) is 48.5 Å². The van der Waals surface area contributed by atoms with Crippen LogP contribution in [0.25, 0.3) is 22.1 Å². The van der Waals surface area contributed by atoms with E-state index in [2.05, 4.69) is 20.6 Å². The molecular formula is C22H32N4O2S2. The van der Waals surface area contributed by atoms with E-state index in [1.54, 1.807) is 29.4 Å². The van der Waals surface area contributed by atoms with E-state index in [9.17, 15) is 8.42 Å². The summed E-state index contributed by atoms with van der Waals surface area (Å²) in [6.45, 7) is 8.00. The molecule has 30 heavy (non-hydrogen) atoms. The van der Waals surface area contributed by atoms with Crippen LogP contribution in [0.5, 0.6) is 0 Å². The van der Waals surface area contributed by atoms with Crippen molar-refractivity contribution in [2.75, 3.05) is 12.5 Å². The Labute approximate surface area is 184 Å². The van der Waals surface area contributed by atoms with E-state index in [0.29, 0.717) is 5.52 Å². The van der Waals surface area contributed by atoms with Gasteiger partial charge in [0.1, 0.15) is 0 Å². The SMILES string of the molecule is CC.CC.CSc1nc2ccccc2n1C.Cn1c(S(C)(=O)=O)nc2ccccc21. The van der Waals surface area contributed by atoms with Crippen molar-refractivity contribution in [3.8, 4) is 0 Å². The molecule has 0 amide bonds. The van der Waals surface area contributed by atoms with Crippen molar-refractivity contribution in [2.45, 2.75) is 38.0 Å². The second-order valence-electron chi connectivity index (χ2n) is 5.86. The molecule has 0 N–H and O–H groups in total. The highest BCUT2D eigenvalue weighted by molar-refractivity contribution is 7.98. The van der Waals surface area contributed by atoms with Crippen LogP contribution < -0.4 is 0 Å². The van der Waals surface area contributed by atoms with Crippen molar-refractivity contribution in [3.63, 3.8) is 0 Å². The summed E-state index contributed by atoms with van der Waals surface area (Å²) in [4.78, 5) is 8.52. The maximum atomic E-state index is 11.3. The number of benzene rings is 2. The quantitative estimate of drug-likeness (QED) is 0.388. The minimum atomic E-state index is -3.24. The first-order valence-electron chi connectivity index (χ1n) is 9.90. The first kappa shape index (κ1) is 25.7. The minimum absolute atomic E-state index is 0.110. The second kappa shape index (κ2) is 11.8. The fraction of sp³-hybridized carbons (Fsp3) is 0.364. The number of hydrogen-bond acceptors (Lipinski definition) is 5. The van der Waals surface area contributed by atoms with Crippen LogP contribution in [0.1, 0.15) is 27.7 Å². The van der Waals surface area contributed by atoms with E-state index < -0.39 is 9.84 Å².